The number of hydrogen-bond donors (Lipinski definition) is 0. The second-order valence-corrected chi connectivity index (χ2v) is 9.08. The third-order valence-electron chi connectivity index (χ3n) is 6.92. The van der Waals surface area contributed by atoms with Crippen LogP contribution in [0.5, 0.6) is 0 Å². The predicted molar refractivity (Wildman–Crippen MR) is 140 cm³/mol. The van der Waals surface area contributed by atoms with Crippen LogP contribution >= 0.6 is 0 Å². The Morgan fingerprint density at radius 2 is 1.40 bits per heavy atom. The average Bonchev–Trinajstić information content (AvgIpc) is 2.96. The van der Waals surface area contributed by atoms with E-state index in [1.54, 1.807) is 12.1 Å². The number of benzene rings is 2. The molecule has 2 aromatic rings. The monoisotopic (exact) mass is 529 g/mol. The lowest BCUT2D eigenvalue weighted by Gasteiger charge is -2.34. The van der Waals surface area contributed by atoms with Crippen molar-refractivity contribution < 1.29 is 19.2 Å². The highest BCUT2D eigenvalue weighted by Gasteiger charge is 2.45. The first kappa shape index (κ1) is 27.2. The lowest BCUT2D eigenvalue weighted by atomic mass is 9.78. The molecule has 2 aliphatic heterocycles. The quantitative estimate of drug-likeness (QED) is 0.285. The van der Waals surface area contributed by atoms with Crippen LogP contribution < -0.4 is 0 Å². The Kier molecular flexibility index (Phi) is 7.14. The highest BCUT2D eigenvalue weighted by atomic mass is 16.2. The Labute approximate surface area is 229 Å². The van der Waals surface area contributed by atoms with E-state index in [-0.39, 0.29) is 51.7 Å². The summed E-state index contributed by atoms with van der Waals surface area (Å²) in [5.74, 6) is -3.34. The largest absolute Gasteiger partial charge is 0.278 e. The molecule has 0 aliphatic carbocycles. The van der Waals surface area contributed by atoms with Crippen molar-refractivity contribution in [3.05, 3.63) is 68.0 Å². The number of allylic oxidation sites excluding steroid dienone is 2. The van der Waals surface area contributed by atoms with Crippen molar-refractivity contribution in [2.24, 2.45) is 0 Å². The van der Waals surface area contributed by atoms with Gasteiger partial charge in [-0.05, 0) is 24.3 Å². The summed E-state index contributed by atoms with van der Waals surface area (Å²) < 4.78 is 0. The van der Waals surface area contributed by atoms with E-state index in [0.717, 1.165) is 9.80 Å². The van der Waals surface area contributed by atoms with Gasteiger partial charge in [-0.3, -0.25) is 29.0 Å². The molecule has 0 N–H and O–H groups in total. The third kappa shape index (κ3) is 3.68. The van der Waals surface area contributed by atoms with E-state index in [1.165, 1.54) is 6.07 Å². The molecular formula is C29H19N7O4. The predicted octanol–water partition coefficient (Wildman–Crippen LogP) is 4.73. The summed E-state index contributed by atoms with van der Waals surface area (Å²) in [6.07, 6.45) is 2.10. The van der Waals surface area contributed by atoms with E-state index < -0.39 is 46.1 Å². The van der Waals surface area contributed by atoms with Crippen LogP contribution in [-0.4, -0.2) is 46.5 Å². The standard InChI is InChI=1S/C29H19N7O4/c1-5-7-9-35-26(37)16-11-15(12-30)19-22-20(16)24(29(35)40)25(34-4)21(17(13-31)18(14-32)33-3)23(22)28(39)36(27(19)38)10-8-6-2/h11H,5-10H2,1-2H3/b18-17-. The zero-order valence-corrected chi connectivity index (χ0v) is 21.6. The molecule has 0 atom stereocenters. The maximum Gasteiger partial charge on any atom is 0.278 e. The molecule has 2 heterocycles. The van der Waals surface area contributed by atoms with Gasteiger partial charge in [-0.1, -0.05) is 26.7 Å². The molecule has 11 heteroatoms. The highest BCUT2D eigenvalue weighted by molar-refractivity contribution is 6.37. The molecule has 4 amide bonds. The zero-order chi connectivity index (χ0) is 29.3. The Bertz CT molecular complexity index is 1800. The van der Waals surface area contributed by atoms with Crippen molar-refractivity contribution in [2.45, 2.75) is 39.5 Å². The van der Waals surface area contributed by atoms with Gasteiger partial charge in [-0.25, -0.2) is 15.0 Å². The van der Waals surface area contributed by atoms with E-state index in [4.69, 9.17) is 13.1 Å². The van der Waals surface area contributed by atoms with Crippen LogP contribution in [-0.2, 0) is 0 Å². The highest BCUT2D eigenvalue weighted by Crippen LogP contribution is 2.48. The molecule has 11 nitrogen and oxygen atoms in total. The Morgan fingerprint density at radius 3 is 1.90 bits per heavy atom. The number of imide groups is 2. The molecule has 40 heavy (non-hydrogen) atoms. The number of carbonyl (C=O) groups excluding carboxylic acids is 4. The van der Waals surface area contributed by atoms with E-state index >= 15 is 0 Å². The molecule has 0 fully saturated rings. The molecule has 0 radical (unpaired) electrons. The van der Waals surface area contributed by atoms with Crippen LogP contribution in [0.1, 0.15) is 92.1 Å². The van der Waals surface area contributed by atoms with Crippen LogP contribution in [0, 0.1) is 47.1 Å². The fraction of sp³-hybridized carbons (Fsp3) is 0.276. The minimum Gasteiger partial charge on any atom is -0.275 e. The molecule has 0 saturated heterocycles. The van der Waals surface area contributed by atoms with Crippen molar-refractivity contribution >= 4 is 45.7 Å². The van der Waals surface area contributed by atoms with Crippen molar-refractivity contribution in [3.63, 3.8) is 0 Å². The molecule has 0 spiro atoms. The van der Waals surface area contributed by atoms with E-state index in [9.17, 15) is 35.0 Å². The van der Waals surface area contributed by atoms with E-state index in [0.29, 0.717) is 25.7 Å². The van der Waals surface area contributed by atoms with Crippen LogP contribution in [0.3, 0.4) is 0 Å². The van der Waals surface area contributed by atoms with Crippen molar-refractivity contribution in [3.8, 4) is 18.2 Å². The molecule has 0 saturated carbocycles. The zero-order valence-electron chi connectivity index (χ0n) is 21.6. The van der Waals surface area contributed by atoms with Gasteiger partial charge < -0.3 is 0 Å². The third-order valence-corrected chi connectivity index (χ3v) is 6.92. The normalized spacial score (nSPS) is 14.2. The van der Waals surface area contributed by atoms with Crippen LogP contribution in [0.25, 0.3) is 26.0 Å². The van der Waals surface area contributed by atoms with Gasteiger partial charge in [0.25, 0.3) is 29.3 Å². The summed E-state index contributed by atoms with van der Waals surface area (Å²) in [5, 5.41) is 29.4. The molecule has 194 valence electrons. The van der Waals surface area contributed by atoms with Gasteiger partial charge in [0.2, 0.25) is 5.69 Å². The van der Waals surface area contributed by atoms with Gasteiger partial charge in [-0.2, -0.15) is 10.5 Å². The maximum absolute atomic E-state index is 14.0. The number of nitrogens with zero attached hydrogens (tertiary/aromatic N) is 7. The number of hydrogen-bond acceptors (Lipinski definition) is 7. The number of rotatable bonds is 7. The van der Waals surface area contributed by atoms with Crippen molar-refractivity contribution in [2.75, 3.05) is 13.1 Å². The minimum absolute atomic E-state index is 0.00235. The number of amides is 4. The van der Waals surface area contributed by atoms with Gasteiger partial charge in [0.05, 0.1) is 47.5 Å². The van der Waals surface area contributed by atoms with Crippen molar-refractivity contribution in [1.29, 1.82) is 15.8 Å². The first-order chi connectivity index (χ1) is 19.3. The first-order valence-corrected chi connectivity index (χ1v) is 12.4. The molecule has 0 bridgehead atoms. The number of nitriles is 3. The number of unbranched alkanes of at least 4 members (excludes halogenated alkanes) is 2. The van der Waals surface area contributed by atoms with Gasteiger partial charge in [-0.15, -0.1) is 0 Å². The van der Waals surface area contributed by atoms with Crippen LogP contribution in [0.15, 0.2) is 11.8 Å². The van der Waals surface area contributed by atoms with E-state index in [2.05, 4.69) is 9.69 Å². The van der Waals surface area contributed by atoms with Crippen LogP contribution in [0.4, 0.5) is 5.69 Å². The van der Waals surface area contributed by atoms with Gasteiger partial charge in [0.1, 0.15) is 6.07 Å². The summed E-state index contributed by atoms with van der Waals surface area (Å²) in [7, 11) is 0. The second kappa shape index (κ2) is 10.5. The Morgan fingerprint density at radius 1 is 0.825 bits per heavy atom. The average molecular weight is 530 g/mol. The molecule has 0 aromatic heterocycles. The van der Waals surface area contributed by atoms with E-state index in [1.807, 2.05) is 19.9 Å². The SMILES string of the molecule is [C-]#[N+]/C(C#N)=C(/C#N)c1c([N+]#[C-])c2c3c(cc(C#N)c4c3c1C(=O)N(CCCC)C4=O)C(=O)N(CCCC)C2=O. The fourth-order valence-electron chi connectivity index (χ4n) is 5.07. The fourth-order valence-corrected chi connectivity index (χ4v) is 5.07. The molecule has 4 rings (SSSR count). The lowest BCUT2D eigenvalue weighted by molar-refractivity contribution is 0.0587. The summed E-state index contributed by atoms with van der Waals surface area (Å²) in [5.41, 5.74) is -3.54. The second-order valence-electron chi connectivity index (χ2n) is 9.08. The van der Waals surface area contributed by atoms with Crippen LogP contribution in [0.2, 0.25) is 0 Å². The smallest absolute Gasteiger partial charge is 0.275 e. The summed E-state index contributed by atoms with van der Waals surface area (Å²) in [6, 6.07) is 6.44. The number of carbonyl (C=O) groups is 4. The van der Waals surface area contributed by atoms with Gasteiger partial charge in [0, 0.05) is 35.2 Å². The first-order valence-electron chi connectivity index (χ1n) is 12.4. The maximum atomic E-state index is 14.0. The van der Waals surface area contributed by atoms with Crippen molar-refractivity contribution in [1.82, 2.24) is 9.80 Å². The summed E-state index contributed by atoms with van der Waals surface area (Å²) >= 11 is 0. The Hall–Kier alpha value is -5.83. The summed E-state index contributed by atoms with van der Waals surface area (Å²) in [6.45, 7) is 19.1. The van der Waals surface area contributed by atoms with Gasteiger partial charge in [0.15, 0.2) is 0 Å². The molecule has 2 aliphatic rings. The van der Waals surface area contributed by atoms with Gasteiger partial charge >= 0.3 is 0 Å². The summed E-state index contributed by atoms with van der Waals surface area (Å²) in [4.78, 5) is 63.4. The molecule has 0 unspecified atom stereocenters. The molecule has 2 aromatic carbocycles. The molecular weight excluding hydrogens is 510 g/mol. The lowest BCUT2D eigenvalue weighted by Crippen LogP contribution is -2.44. The topological polar surface area (TPSA) is 155 Å². The minimum atomic E-state index is -0.915. The Balaban J connectivity index is 2.36.